The summed E-state index contributed by atoms with van der Waals surface area (Å²) in [7, 11) is 4.69. The van der Waals surface area contributed by atoms with Crippen LogP contribution in [-0.2, 0) is 22.5 Å². The van der Waals surface area contributed by atoms with E-state index in [1.54, 1.807) is 33.7 Å². The first kappa shape index (κ1) is 20.9. The predicted molar refractivity (Wildman–Crippen MR) is 108 cm³/mol. The fraction of sp³-hybridized carbons (Fsp3) is 0.455. The molecule has 0 saturated carbocycles. The third kappa shape index (κ3) is 5.38. The van der Waals surface area contributed by atoms with E-state index in [1.165, 1.54) is 0 Å². The minimum atomic E-state index is 0.0126. The number of pyridine rings is 1. The Morgan fingerprint density at radius 3 is 2.48 bits per heavy atom. The van der Waals surface area contributed by atoms with Crippen molar-refractivity contribution in [1.82, 2.24) is 9.88 Å². The maximum absolute atomic E-state index is 13.2. The van der Waals surface area contributed by atoms with E-state index in [0.717, 1.165) is 30.6 Å². The first-order valence-corrected chi connectivity index (χ1v) is 9.71. The molecule has 1 fully saturated rings. The zero-order valence-electron chi connectivity index (χ0n) is 17.2. The summed E-state index contributed by atoms with van der Waals surface area (Å²) in [6.45, 7) is 1.82. The van der Waals surface area contributed by atoms with E-state index >= 15 is 0 Å². The summed E-state index contributed by atoms with van der Waals surface area (Å²) in [6, 6.07) is 7.48. The number of benzene rings is 1. The van der Waals surface area contributed by atoms with Gasteiger partial charge < -0.3 is 23.8 Å². The number of nitrogens with zero attached hydrogens (tertiary/aromatic N) is 2. The summed E-state index contributed by atoms with van der Waals surface area (Å²) in [5.74, 6) is 1.59. The normalized spacial score (nSPS) is 15.8. The number of hydrogen-bond donors (Lipinski definition) is 0. The minimum absolute atomic E-state index is 0.0126. The average Bonchev–Trinajstić information content (AvgIpc) is 3.26. The van der Waals surface area contributed by atoms with Crippen LogP contribution in [0, 0.1) is 0 Å². The van der Waals surface area contributed by atoms with E-state index < -0.39 is 0 Å². The minimum Gasteiger partial charge on any atom is -0.493 e. The Labute approximate surface area is 171 Å². The van der Waals surface area contributed by atoms with Crippen LogP contribution in [0.25, 0.3) is 0 Å². The van der Waals surface area contributed by atoms with Gasteiger partial charge in [0.25, 0.3) is 0 Å². The van der Waals surface area contributed by atoms with Crippen LogP contribution in [0.2, 0.25) is 0 Å². The van der Waals surface area contributed by atoms with Crippen LogP contribution in [-0.4, -0.2) is 56.4 Å². The Morgan fingerprint density at radius 2 is 1.93 bits per heavy atom. The summed E-state index contributed by atoms with van der Waals surface area (Å²) in [5.41, 5.74) is 1.79. The second kappa shape index (κ2) is 10.1. The quantitative estimate of drug-likeness (QED) is 0.645. The fourth-order valence-corrected chi connectivity index (χ4v) is 3.52. The highest BCUT2D eigenvalue weighted by Crippen LogP contribution is 2.38. The highest BCUT2D eigenvalue weighted by atomic mass is 16.5. The lowest BCUT2D eigenvalue weighted by Crippen LogP contribution is -2.37. The Hall–Kier alpha value is -2.80. The molecule has 0 bridgehead atoms. The van der Waals surface area contributed by atoms with Gasteiger partial charge in [0.2, 0.25) is 11.7 Å². The third-order valence-electron chi connectivity index (χ3n) is 4.98. The van der Waals surface area contributed by atoms with E-state index in [9.17, 15) is 4.79 Å². The number of ether oxygens (including phenoxy) is 4. The van der Waals surface area contributed by atoms with Gasteiger partial charge in [-0.2, -0.15) is 0 Å². The van der Waals surface area contributed by atoms with Crippen molar-refractivity contribution in [3.8, 4) is 17.2 Å². The average molecular weight is 400 g/mol. The van der Waals surface area contributed by atoms with Crippen LogP contribution in [0.1, 0.15) is 24.0 Å². The molecule has 0 radical (unpaired) electrons. The van der Waals surface area contributed by atoms with Crippen molar-refractivity contribution in [3.63, 3.8) is 0 Å². The van der Waals surface area contributed by atoms with Gasteiger partial charge in [-0.15, -0.1) is 0 Å². The molecule has 1 aromatic carbocycles. The van der Waals surface area contributed by atoms with Crippen molar-refractivity contribution in [2.45, 2.75) is 31.9 Å². The number of methoxy groups -OCH3 is 3. The van der Waals surface area contributed by atoms with Crippen molar-refractivity contribution in [2.24, 2.45) is 0 Å². The number of carbonyl (C=O) groups is 1. The third-order valence-corrected chi connectivity index (χ3v) is 4.98. The zero-order chi connectivity index (χ0) is 20.6. The molecule has 0 N–H and O–H groups in total. The van der Waals surface area contributed by atoms with Gasteiger partial charge in [-0.25, -0.2) is 0 Å². The van der Waals surface area contributed by atoms with Crippen molar-refractivity contribution in [1.29, 1.82) is 0 Å². The van der Waals surface area contributed by atoms with Crippen molar-refractivity contribution >= 4 is 5.91 Å². The van der Waals surface area contributed by atoms with Gasteiger partial charge >= 0.3 is 0 Å². The van der Waals surface area contributed by atoms with Crippen LogP contribution in [0.3, 0.4) is 0 Å². The number of amides is 1. The molecule has 1 aliphatic rings. The van der Waals surface area contributed by atoms with E-state index in [4.69, 9.17) is 18.9 Å². The number of hydrogen-bond acceptors (Lipinski definition) is 6. The molecule has 7 nitrogen and oxygen atoms in total. The van der Waals surface area contributed by atoms with E-state index in [1.807, 2.05) is 29.2 Å². The smallest absolute Gasteiger partial charge is 0.227 e. The highest BCUT2D eigenvalue weighted by molar-refractivity contribution is 5.79. The second-order valence-electron chi connectivity index (χ2n) is 6.98. The highest BCUT2D eigenvalue weighted by Gasteiger charge is 2.24. The SMILES string of the molecule is COc1cc(CC(=O)N(Cc2cccnc2)CC2CCCO2)cc(OC)c1OC. The van der Waals surface area contributed by atoms with Gasteiger partial charge in [0.05, 0.1) is 33.9 Å². The largest absolute Gasteiger partial charge is 0.493 e. The topological polar surface area (TPSA) is 70.1 Å². The molecule has 1 aromatic heterocycles. The molecule has 7 heteroatoms. The lowest BCUT2D eigenvalue weighted by atomic mass is 10.1. The molecule has 2 heterocycles. The number of carbonyl (C=O) groups excluding carboxylic acids is 1. The molecular formula is C22H28N2O5. The van der Waals surface area contributed by atoms with Crippen molar-refractivity contribution in [3.05, 3.63) is 47.8 Å². The zero-order valence-corrected chi connectivity index (χ0v) is 17.2. The van der Waals surface area contributed by atoms with Crippen molar-refractivity contribution < 1.29 is 23.7 Å². The monoisotopic (exact) mass is 400 g/mol. The molecule has 1 unspecified atom stereocenters. The first-order chi connectivity index (χ1) is 14.1. The molecule has 1 saturated heterocycles. The van der Waals surface area contributed by atoms with Gasteiger partial charge in [-0.1, -0.05) is 6.07 Å². The van der Waals surface area contributed by atoms with Crippen LogP contribution in [0.15, 0.2) is 36.7 Å². The lowest BCUT2D eigenvalue weighted by molar-refractivity contribution is -0.132. The number of aromatic nitrogens is 1. The maximum atomic E-state index is 13.2. The van der Waals surface area contributed by atoms with E-state index in [2.05, 4.69) is 4.98 Å². The second-order valence-corrected chi connectivity index (χ2v) is 6.98. The molecule has 1 aliphatic heterocycles. The van der Waals surface area contributed by atoms with E-state index in [0.29, 0.717) is 30.3 Å². The lowest BCUT2D eigenvalue weighted by Gasteiger charge is -2.26. The summed E-state index contributed by atoms with van der Waals surface area (Å²) < 4.78 is 21.9. The molecule has 156 valence electrons. The summed E-state index contributed by atoms with van der Waals surface area (Å²) in [5, 5.41) is 0. The molecule has 3 rings (SSSR count). The van der Waals surface area contributed by atoms with Gasteiger partial charge in [0, 0.05) is 32.1 Å². The van der Waals surface area contributed by atoms with E-state index in [-0.39, 0.29) is 18.4 Å². The Bertz CT molecular complexity index is 781. The molecular weight excluding hydrogens is 372 g/mol. The first-order valence-electron chi connectivity index (χ1n) is 9.71. The Morgan fingerprint density at radius 1 is 1.17 bits per heavy atom. The van der Waals surface area contributed by atoms with Crippen molar-refractivity contribution in [2.75, 3.05) is 34.5 Å². The van der Waals surface area contributed by atoms with Gasteiger partial charge in [0.15, 0.2) is 11.5 Å². The Balaban J connectivity index is 1.79. The van der Waals surface area contributed by atoms with Crippen LogP contribution in [0.4, 0.5) is 0 Å². The summed E-state index contributed by atoms with van der Waals surface area (Å²) in [6.07, 6.45) is 5.83. The van der Waals surface area contributed by atoms with Crippen LogP contribution < -0.4 is 14.2 Å². The predicted octanol–water partition coefficient (Wildman–Crippen LogP) is 2.86. The molecule has 0 spiro atoms. The molecule has 2 aromatic rings. The molecule has 0 aliphatic carbocycles. The van der Waals surface area contributed by atoms with Crippen LogP contribution in [0.5, 0.6) is 17.2 Å². The molecule has 29 heavy (non-hydrogen) atoms. The van der Waals surface area contributed by atoms with Crippen LogP contribution >= 0.6 is 0 Å². The fourth-order valence-electron chi connectivity index (χ4n) is 3.52. The van der Waals surface area contributed by atoms with Gasteiger partial charge in [-0.05, 0) is 42.2 Å². The number of rotatable bonds is 9. The van der Waals surface area contributed by atoms with Gasteiger partial charge in [0.1, 0.15) is 0 Å². The summed E-state index contributed by atoms with van der Waals surface area (Å²) in [4.78, 5) is 19.2. The standard InChI is InChI=1S/C22H28N2O5/c1-26-19-10-17(11-20(27-2)22(19)28-3)12-21(25)24(15-18-7-5-9-29-18)14-16-6-4-8-23-13-16/h4,6,8,10-11,13,18H,5,7,9,12,14-15H2,1-3H3. The Kier molecular flexibility index (Phi) is 7.30. The maximum Gasteiger partial charge on any atom is 0.227 e. The summed E-state index contributed by atoms with van der Waals surface area (Å²) >= 11 is 0. The molecule has 1 atom stereocenters. The molecule has 1 amide bonds. The van der Waals surface area contributed by atoms with Gasteiger partial charge in [-0.3, -0.25) is 9.78 Å².